The Morgan fingerprint density at radius 3 is 2.89 bits per heavy atom. The molecule has 1 amide bonds. The maximum absolute atomic E-state index is 12.0. The number of para-hydroxylation sites is 1. The summed E-state index contributed by atoms with van der Waals surface area (Å²) < 4.78 is 5.52. The molecule has 0 N–H and O–H groups in total. The Labute approximate surface area is 113 Å². The number of ether oxygens (including phenoxy) is 1. The van der Waals surface area contributed by atoms with Gasteiger partial charge < -0.3 is 9.64 Å². The van der Waals surface area contributed by atoms with E-state index in [2.05, 4.69) is 0 Å². The van der Waals surface area contributed by atoms with Crippen LogP contribution in [0.15, 0.2) is 30.3 Å². The maximum atomic E-state index is 12.0. The maximum Gasteiger partial charge on any atom is 0.226 e. The second-order valence-corrected chi connectivity index (χ2v) is 4.76. The smallest absolute Gasteiger partial charge is 0.226 e. The van der Waals surface area contributed by atoms with Crippen LogP contribution < -0.4 is 4.74 Å². The van der Waals surface area contributed by atoms with Gasteiger partial charge in [0.25, 0.3) is 0 Å². The first kappa shape index (κ1) is 13.2. The molecule has 98 valence electrons. The summed E-state index contributed by atoms with van der Waals surface area (Å²) in [6, 6.07) is 9.77. The number of halogens is 1. The van der Waals surface area contributed by atoms with Crippen LogP contribution in [0.3, 0.4) is 0 Å². The molecule has 1 aliphatic heterocycles. The standard InChI is InChI=1S/C14H18ClNO2/c15-11-12-5-4-9-16(12)14(17)8-10-18-13-6-2-1-3-7-13/h1-3,6-7,12H,4-5,8-11H2. The molecule has 0 aromatic heterocycles. The third-order valence-corrected chi connectivity index (χ3v) is 3.56. The summed E-state index contributed by atoms with van der Waals surface area (Å²) in [5.74, 6) is 1.49. The molecule has 1 aromatic carbocycles. The average Bonchev–Trinajstić information content (AvgIpc) is 2.88. The molecule has 1 unspecified atom stereocenters. The fourth-order valence-corrected chi connectivity index (χ4v) is 2.56. The number of alkyl halides is 1. The van der Waals surface area contributed by atoms with Crippen molar-refractivity contribution in [2.45, 2.75) is 25.3 Å². The van der Waals surface area contributed by atoms with E-state index < -0.39 is 0 Å². The summed E-state index contributed by atoms with van der Waals surface area (Å²) in [6.45, 7) is 1.26. The molecule has 3 nitrogen and oxygen atoms in total. The number of hydrogen-bond acceptors (Lipinski definition) is 2. The molecule has 0 spiro atoms. The van der Waals surface area contributed by atoms with Gasteiger partial charge in [0.1, 0.15) is 5.75 Å². The summed E-state index contributed by atoms with van der Waals surface area (Å²) in [4.78, 5) is 13.9. The molecule has 1 aromatic rings. The quantitative estimate of drug-likeness (QED) is 0.768. The molecule has 18 heavy (non-hydrogen) atoms. The zero-order valence-corrected chi connectivity index (χ0v) is 11.1. The van der Waals surface area contributed by atoms with Crippen molar-refractivity contribution in [1.29, 1.82) is 0 Å². The minimum absolute atomic E-state index is 0.147. The van der Waals surface area contributed by atoms with Crippen LogP contribution in [-0.4, -0.2) is 35.9 Å². The van der Waals surface area contributed by atoms with Crippen LogP contribution in [0, 0.1) is 0 Å². The Morgan fingerprint density at radius 1 is 1.39 bits per heavy atom. The van der Waals surface area contributed by atoms with Gasteiger partial charge in [0.15, 0.2) is 0 Å². The van der Waals surface area contributed by atoms with E-state index in [1.54, 1.807) is 0 Å². The number of likely N-dealkylation sites (tertiary alicyclic amines) is 1. The van der Waals surface area contributed by atoms with E-state index in [0.29, 0.717) is 18.9 Å². The molecule has 0 bridgehead atoms. The molecule has 1 fully saturated rings. The fourth-order valence-electron chi connectivity index (χ4n) is 2.24. The van der Waals surface area contributed by atoms with Gasteiger partial charge in [-0.05, 0) is 25.0 Å². The van der Waals surface area contributed by atoms with Gasteiger partial charge in [-0.3, -0.25) is 4.79 Å². The van der Waals surface area contributed by atoms with Crippen molar-refractivity contribution in [2.24, 2.45) is 0 Å². The first-order chi connectivity index (χ1) is 8.81. The minimum atomic E-state index is 0.147. The number of rotatable bonds is 5. The number of carbonyl (C=O) groups is 1. The van der Waals surface area contributed by atoms with E-state index in [4.69, 9.17) is 16.3 Å². The summed E-state index contributed by atoms with van der Waals surface area (Å²) in [5.41, 5.74) is 0. The topological polar surface area (TPSA) is 29.5 Å². The van der Waals surface area contributed by atoms with E-state index in [-0.39, 0.29) is 11.9 Å². The predicted octanol–water partition coefficient (Wildman–Crippen LogP) is 2.69. The molecular formula is C14H18ClNO2. The molecule has 4 heteroatoms. The van der Waals surface area contributed by atoms with Gasteiger partial charge >= 0.3 is 0 Å². The first-order valence-corrected chi connectivity index (χ1v) is 6.88. The lowest BCUT2D eigenvalue weighted by atomic mass is 10.2. The van der Waals surface area contributed by atoms with Crippen LogP contribution in [0.2, 0.25) is 0 Å². The highest BCUT2D eigenvalue weighted by atomic mass is 35.5. The Hall–Kier alpha value is -1.22. The van der Waals surface area contributed by atoms with E-state index in [9.17, 15) is 4.79 Å². The van der Waals surface area contributed by atoms with E-state index >= 15 is 0 Å². The summed E-state index contributed by atoms with van der Waals surface area (Å²) >= 11 is 5.85. The third kappa shape index (κ3) is 3.39. The lowest BCUT2D eigenvalue weighted by Gasteiger charge is -2.22. The zero-order chi connectivity index (χ0) is 12.8. The van der Waals surface area contributed by atoms with Crippen molar-refractivity contribution < 1.29 is 9.53 Å². The SMILES string of the molecule is O=C(CCOc1ccccc1)N1CCCC1CCl. The van der Waals surface area contributed by atoms with Gasteiger partial charge in [0, 0.05) is 18.5 Å². The Balaban J connectivity index is 1.75. The highest BCUT2D eigenvalue weighted by Gasteiger charge is 2.27. The number of hydrogen-bond donors (Lipinski definition) is 0. The molecule has 1 aliphatic rings. The number of carbonyl (C=O) groups excluding carboxylic acids is 1. The molecule has 1 saturated heterocycles. The Morgan fingerprint density at radius 2 is 2.17 bits per heavy atom. The highest BCUT2D eigenvalue weighted by molar-refractivity contribution is 6.18. The van der Waals surface area contributed by atoms with Gasteiger partial charge in [-0.15, -0.1) is 11.6 Å². The van der Waals surface area contributed by atoms with Crippen molar-refractivity contribution in [3.63, 3.8) is 0 Å². The van der Waals surface area contributed by atoms with Crippen molar-refractivity contribution in [3.8, 4) is 5.75 Å². The third-order valence-electron chi connectivity index (χ3n) is 3.20. The van der Waals surface area contributed by atoms with Crippen LogP contribution in [-0.2, 0) is 4.79 Å². The second-order valence-electron chi connectivity index (χ2n) is 4.45. The normalized spacial score (nSPS) is 18.9. The fraction of sp³-hybridized carbons (Fsp3) is 0.500. The number of amides is 1. The Kier molecular flexibility index (Phi) is 4.88. The van der Waals surface area contributed by atoms with E-state index in [0.717, 1.165) is 25.1 Å². The summed E-state index contributed by atoms with van der Waals surface area (Å²) in [7, 11) is 0. The monoisotopic (exact) mass is 267 g/mol. The molecule has 0 radical (unpaired) electrons. The second kappa shape index (κ2) is 6.64. The molecule has 1 heterocycles. The van der Waals surface area contributed by atoms with Gasteiger partial charge in [-0.25, -0.2) is 0 Å². The predicted molar refractivity (Wildman–Crippen MR) is 72.0 cm³/mol. The van der Waals surface area contributed by atoms with Gasteiger partial charge in [0.2, 0.25) is 5.91 Å². The highest BCUT2D eigenvalue weighted by Crippen LogP contribution is 2.19. The number of benzene rings is 1. The summed E-state index contributed by atoms with van der Waals surface area (Å²) in [6.07, 6.45) is 2.50. The van der Waals surface area contributed by atoms with E-state index in [1.807, 2.05) is 35.2 Å². The van der Waals surface area contributed by atoms with Crippen molar-refractivity contribution in [3.05, 3.63) is 30.3 Å². The van der Waals surface area contributed by atoms with Gasteiger partial charge in [0.05, 0.1) is 13.0 Å². The van der Waals surface area contributed by atoms with Crippen LogP contribution in [0.5, 0.6) is 5.75 Å². The molecule has 0 saturated carbocycles. The lowest BCUT2D eigenvalue weighted by Crippen LogP contribution is -2.37. The van der Waals surface area contributed by atoms with Gasteiger partial charge in [-0.2, -0.15) is 0 Å². The minimum Gasteiger partial charge on any atom is -0.493 e. The average molecular weight is 268 g/mol. The molecule has 0 aliphatic carbocycles. The van der Waals surface area contributed by atoms with Crippen molar-refractivity contribution in [1.82, 2.24) is 4.90 Å². The van der Waals surface area contributed by atoms with Crippen LogP contribution in [0.1, 0.15) is 19.3 Å². The summed E-state index contributed by atoms with van der Waals surface area (Å²) in [5, 5.41) is 0. The largest absolute Gasteiger partial charge is 0.493 e. The van der Waals surface area contributed by atoms with Crippen LogP contribution in [0.25, 0.3) is 0 Å². The lowest BCUT2D eigenvalue weighted by molar-refractivity contribution is -0.132. The van der Waals surface area contributed by atoms with Crippen molar-refractivity contribution >= 4 is 17.5 Å². The first-order valence-electron chi connectivity index (χ1n) is 6.34. The molecule has 2 rings (SSSR count). The van der Waals surface area contributed by atoms with E-state index in [1.165, 1.54) is 0 Å². The van der Waals surface area contributed by atoms with Crippen molar-refractivity contribution in [2.75, 3.05) is 19.0 Å². The molecule has 1 atom stereocenters. The van der Waals surface area contributed by atoms with Crippen LogP contribution >= 0.6 is 11.6 Å². The zero-order valence-electron chi connectivity index (χ0n) is 10.3. The van der Waals surface area contributed by atoms with Gasteiger partial charge in [-0.1, -0.05) is 18.2 Å². The molecular weight excluding hydrogens is 250 g/mol. The number of nitrogens with zero attached hydrogens (tertiary/aromatic N) is 1. The Bertz CT molecular complexity index is 383. The van der Waals surface area contributed by atoms with Crippen LogP contribution in [0.4, 0.5) is 0 Å².